The van der Waals surface area contributed by atoms with E-state index in [1.807, 2.05) is 60.7 Å². The molecule has 258 valence electrons. The maximum atomic E-state index is 12.0. The first-order valence-electron chi connectivity index (χ1n) is 17.1. The third kappa shape index (κ3) is 8.83. The van der Waals surface area contributed by atoms with Crippen molar-refractivity contribution in [2.24, 2.45) is 0 Å². The summed E-state index contributed by atoms with van der Waals surface area (Å²) in [6.07, 6.45) is -0.379. The van der Waals surface area contributed by atoms with Crippen LogP contribution in [-0.2, 0) is 32.2 Å². The van der Waals surface area contributed by atoms with Crippen LogP contribution in [-0.4, -0.2) is 46.7 Å². The van der Waals surface area contributed by atoms with Gasteiger partial charge in [0.1, 0.15) is 0 Å². The predicted octanol–water partition coefficient (Wildman–Crippen LogP) is 7.72. The Morgan fingerprint density at radius 2 is 1.54 bits per heavy atom. The smallest absolute Gasteiger partial charge is 0.303 e. The molecule has 1 aliphatic heterocycles. The number of carbonyl (C=O) groups excluding carboxylic acids is 1. The Kier molecular flexibility index (Phi) is 11.4. The molecule has 0 aromatic heterocycles. The second-order valence-corrected chi connectivity index (χ2v) is 13.1. The molecule has 1 fully saturated rings. The molecule has 0 unspecified atom stereocenters. The third-order valence-corrected chi connectivity index (χ3v) is 9.52. The summed E-state index contributed by atoms with van der Waals surface area (Å²) in [4.78, 5) is 25.1. The van der Waals surface area contributed by atoms with Gasteiger partial charge in [0.25, 0.3) is 0 Å². The number of fused-ring (bicyclic) bond motifs is 1. The van der Waals surface area contributed by atoms with Gasteiger partial charge in [0.2, 0.25) is 5.91 Å². The largest absolute Gasteiger partial charge is 0.481 e. The summed E-state index contributed by atoms with van der Waals surface area (Å²) in [5.74, 6) is -1.28. The molecule has 1 saturated heterocycles. The number of aliphatic hydroxyl groups excluding tert-OH is 1. The van der Waals surface area contributed by atoms with Crippen molar-refractivity contribution < 1.29 is 29.3 Å². The predicted molar refractivity (Wildman–Crippen MR) is 194 cm³/mol. The van der Waals surface area contributed by atoms with E-state index in [9.17, 15) is 14.7 Å². The van der Waals surface area contributed by atoms with Gasteiger partial charge in [-0.25, -0.2) is 0 Å². The normalized spacial score (nSPS) is 18.2. The van der Waals surface area contributed by atoms with Crippen LogP contribution in [0.25, 0.3) is 21.9 Å². The Morgan fingerprint density at radius 3 is 2.28 bits per heavy atom. The minimum atomic E-state index is -0.990. The molecule has 5 aromatic rings. The number of likely N-dealkylation sites (N-methyl/N-ethyl adjacent to an activating group) is 1. The zero-order valence-corrected chi connectivity index (χ0v) is 28.5. The van der Waals surface area contributed by atoms with Crippen molar-refractivity contribution in [3.63, 3.8) is 0 Å². The molecule has 0 spiro atoms. The molecule has 1 heterocycles. The fourth-order valence-corrected chi connectivity index (χ4v) is 6.44. The molecule has 0 bridgehead atoms. The molecule has 50 heavy (non-hydrogen) atoms. The van der Waals surface area contributed by atoms with Gasteiger partial charge < -0.3 is 25.0 Å². The van der Waals surface area contributed by atoms with Crippen molar-refractivity contribution in [1.29, 1.82) is 0 Å². The van der Waals surface area contributed by atoms with Gasteiger partial charge in [0, 0.05) is 37.5 Å². The van der Waals surface area contributed by atoms with Gasteiger partial charge in [-0.15, -0.1) is 0 Å². The quantitative estimate of drug-likeness (QED) is 0.118. The zero-order chi connectivity index (χ0) is 35.0. The first kappa shape index (κ1) is 35.0. The summed E-state index contributed by atoms with van der Waals surface area (Å²) < 4.78 is 13.3. The second kappa shape index (κ2) is 16.2. The SMILES string of the molecule is C[C@H](c1ccc2ccccc2c1)N(C)C[C@@H]1C[C@H](c2ccc(CO)cc2)O[C@H](c2ccc(-c3cccc(CNC(=O)CCC(=O)O)c3)cc2)O1. The lowest BCUT2D eigenvalue weighted by Gasteiger charge is -2.39. The number of ether oxygens (including phenoxy) is 2. The fourth-order valence-electron chi connectivity index (χ4n) is 6.44. The lowest BCUT2D eigenvalue weighted by atomic mass is 9.98. The molecule has 0 radical (unpaired) electrons. The van der Waals surface area contributed by atoms with Crippen LogP contribution >= 0.6 is 0 Å². The Bertz CT molecular complexity index is 1910. The highest BCUT2D eigenvalue weighted by Crippen LogP contribution is 2.39. The van der Waals surface area contributed by atoms with E-state index in [-0.39, 0.29) is 43.6 Å². The number of amides is 1. The molecule has 3 N–H and O–H groups in total. The van der Waals surface area contributed by atoms with Gasteiger partial charge in [0.05, 0.1) is 25.2 Å². The number of carboxylic acid groups (broad SMARTS) is 1. The second-order valence-electron chi connectivity index (χ2n) is 13.1. The van der Waals surface area contributed by atoms with E-state index in [2.05, 4.69) is 78.8 Å². The van der Waals surface area contributed by atoms with E-state index in [1.54, 1.807) is 0 Å². The average molecular weight is 673 g/mol. The molecule has 0 saturated carbocycles. The summed E-state index contributed by atoms with van der Waals surface area (Å²) >= 11 is 0. The molecule has 0 aliphatic carbocycles. The Morgan fingerprint density at radius 1 is 0.800 bits per heavy atom. The highest BCUT2D eigenvalue weighted by atomic mass is 16.7. The molecule has 1 aliphatic rings. The standard InChI is InChI=1S/C42H44N2O6/c1-28(35-19-16-31-7-3-4-8-37(31)23-35)44(2)26-38-24-39(33-12-10-29(27-45)11-13-33)50-42(49-38)34-17-14-32(15-18-34)36-9-5-6-30(22-36)25-43-40(46)20-21-41(47)48/h3-19,22-23,28,38-39,42,45H,20-21,24-27H2,1-2H3,(H,43,46)(H,47,48)/t28-,38+,39-,42-/m1/s1. The summed E-state index contributed by atoms with van der Waals surface area (Å²) in [6, 6.07) is 39.3. The number of benzene rings is 5. The highest BCUT2D eigenvalue weighted by Gasteiger charge is 2.33. The van der Waals surface area contributed by atoms with Gasteiger partial charge in [-0.3, -0.25) is 14.5 Å². The summed E-state index contributed by atoms with van der Waals surface area (Å²) in [5.41, 5.74) is 7.03. The number of carboxylic acids is 1. The topological polar surface area (TPSA) is 108 Å². The van der Waals surface area contributed by atoms with E-state index in [0.29, 0.717) is 13.0 Å². The number of carbonyl (C=O) groups is 2. The van der Waals surface area contributed by atoms with Gasteiger partial charge in [-0.05, 0) is 70.3 Å². The third-order valence-electron chi connectivity index (χ3n) is 9.52. The number of nitrogens with one attached hydrogen (secondary N) is 1. The summed E-state index contributed by atoms with van der Waals surface area (Å²) in [5, 5.41) is 23.7. The van der Waals surface area contributed by atoms with Crippen molar-refractivity contribution in [2.45, 2.75) is 63.9 Å². The van der Waals surface area contributed by atoms with Crippen LogP contribution in [0.3, 0.4) is 0 Å². The Balaban J connectivity index is 1.17. The van der Waals surface area contributed by atoms with E-state index in [4.69, 9.17) is 14.6 Å². The van der Waals surface area contributed by atoms with E-state index < -0.39 is 12.3 Å². The summed E-state index contributed by atoms with van der Waals surface area (Å²) in [7, 11) is 2.14. The number of hydrogen-bond acceptors (Lipinski definition) is 6. The summed E-state index contributed by atoms with van der Waals surface area (Å²) in [6.45, 7) is 3.27. The van der Waals surface area contributed by atoms with Crippen LogP contribution < -0.4 is 5.32 Å². The maximum Gasteiger partial charge on any atom is 0.303 e. The van der Waals surface area contributed by atoms with E-state index in [0.717, 1.165) is 39.9 Å². The Hall–Kier alpha value is -4.86. The fraction of sp³-hybridized carbons (Fsp3) is 0.286. The highest BCUT2D eigenvalue weighted by molar-refractivity contribution is 5.83. The van der Waals surface area contributed by atoms with Crippen molar-refractivity contribution in [3.05, 3.63) is 143 Å². The Labute approximate surface area is 293 Å². The van der Waals surface area contributed by atoms with Crippen LogP contribution in [0.4, 0.5) is 0 Å². The van der Waals surface area contributed by atoms with Crippen LogP contribution in [0.2, 0.25) is 0 Å². The zero-order valence-electron chi connectivity index (χ0n) is 28.5. The lowest BCUT2D eigenvalue weighted by molar-refractivity contribution is -0.253. The first-order chi connectivity index (χ1) is 24.2. The van der Waals surface area contributed by atoms with Gasteiger partial charge in [0.15, 0.2) is 6.29 Å². The van der Waals surface area contributed by atoms with Crippen LogP contribution in [0.15, 0.2) is 115 Å². The van der Waals surface area contributed by atoms with E-state index >= 15 is 0 Å². The number of rotatable bonds is 13. The number of nitrogens with zero attached hydrogens (tertiary/aromatic N) is 1. The molecule has 8 heteroatoms. The maximum absolute atomic E-state index is 12.0. The molecule has 5 aromatic carbocycles. The molecular weight excluding hydrogens is 628 g/mol. The van der Waals surface area contributed by atoms with E-state index in [1.165, 1.54) is 16.3 Å². The van der Waals surface area contributed by atoms with Gasteiger partial charge in [-0.2, -0.15) is 0 Å². The molecular formula is C42H44N2O6. The van der Waals surface area contributed by atoms with Crippen molar-refractivity contribution in [2.75, 3.05) is 13.6 Å². The van der Waals surface area contributed by atoms with Gasteiger partial charge >= 0.3 is 5.97 Å². The van der Waals surface area contributed by atoms with Crippen LogP contribution in [0.5, 0.6) is 0 Å². The molecule has 6 rings (SSSR count). The molecule has 4 atom stereocenters. The van der Waals surface area contributed by atoms with Crippen LogP contribution in [0, 0.1) is 0 Å². The molecule has 8 nitrogen and oxygen atoms in total. The van der Waals surface area contributed by atoms with Crippen molar-refractivity contribution in [1.82, 2.24) is 10.2 Å². The van der Waals surface area contributed by atoms with Crippen molar-refractivity contribution in [3.8, 4) is 11.1 Å². The number of aliphatic hydroxyl groups is 1. The number of hydrogen-bond donors (Lipinski definition) is 3. The monoisotopic (exact) mass is 672 g/mol. The molecule has 1 amide bonds. The van der Waals surface area contributed by atoms with Gasteiger partial charge in [-0.1, -0.05) is 103 Å². The lowest BCUT2D eigenvalue weighted by Crippen LogP contribution is -2.38. The van der Waals surface area contributed by atoms with Crippen LogP contribution in [0.1, 0.15) is 72.4 Å². The first-order valence-corrected chi connectivity index (χ1v) is 17.1. The van der Waals surface area contributed by atoms with Crippen molar-refractivity contribution >= 4 is 22.6 Å². The number of aliphatic carboxylic acids is 1. The average Bonchev–Trinajstić information content (AvgIpc) is 3.15. The minimum Gasteiger partial charge on any atom is -0.481 e. The minimum absolute atomic E-state index is 0.00565.